The van der Waals surface area contributed by atoms with E-state index in [-0.39, 0.29) is 17.3 Å². The van der Waals surface area contributed by atoms with E-state index in [0.29, 0.717) is 6.42 Å². The fraction of sp³-hybridized carbons (Fsp3) is 0.800. The molecule has 0 spiro atoms. The van der Waals surface area contributed by atoms with Crippen LogP contribution in [-0.4, -0.2) is 24.5 Å². The topological polar surface area (TPSA) is 55.4 Å². The van der Waals surface area contributed by atoms with E-state index in [1.54, 1.807) is 0 Å². The van der Waals surface area contributed by atoms with E-state index in [1.807, 2.05) is 13.8 Å². The highest BCUT2D eigenvalue weighted by Gasteiger charge is 2.69. The summed E-state index contributed by atoms with van der Waals surface area (Å²) in [5.74, 6) is -0.523. The minimum absolute atomic E-state index is 0.147. The molecule has 0 unspecified atom stereocenters. The van der Waals surface area contributed by atoms with Crippen LogP contribution in [0.2, 0.25) is 0 Å². The normalized spacial score (nSPS) is 34.9. The Bertz CT molecular complexity index is 277. The van der Waals surface area contributed by atoms with E-state index in [4.69, 9.17) is 4.74 Å². The lowest BCUT2D eigenvalue weighted by atomic mass is 9.99. The van der Waals surface area contributed by atoms with Gasteiger partial charge in [0.15, 0.2) is 0 Å². The Balaban J connectivity index is 2.86. The molecule has 0 bridgehead atoms. The van der Waals surface area contributed by atoms with Crippen molar-refractivity contribution < 1.29 is 14.3 Å². The van der Waals surface area contributed by atoms with Crippen LogP contribution in [0.15, 0.2) is 0 Å². The van der Waals surface area contributed by atoms with Crippen molar-refractivity contribution in [1.82, 2.24) is 5.32 Å². The molecule has 0 heterocycles. The van der Waals surface area contributed by atoms with Crippen molar-refractivity contribution in [1.29, 1.82) is 0 Å². The van der Waals surface area contributed by atoms with Gasteiger partial charge in [0, 0.05) is 12.3 Å². The fourth-order valence-electron chi connectivity index (χ4n) is 2.01. The Hall–Kier alpha value is -1.06. The minimum Gasteiger partial charge on any atom is -0.467 e. The molecule has 80 valence electrons. The van der Waals surface area contributed by atoms with Crippen molar-refractivity contribution in [2.24, 2.45) is 5.41 Å². The van der Waals surface area contributed by atoms with Gasteiger partial charge in [0.05, 0.1) is 7.11 Å². The molecule has 14 heavy (non-hydrogen) atoms. The first-order chi connectivity index (χ1) is 6.42. The number of hydrogen-bond acceptors (Lipinski definition) is 3. The standard InChI is InChI=1S/C10H17NO3/c1-5-9(3)6-10(9,8(13)14-4)11-7(2)12/h5-6H2,1-4H3,(H,11,12)/t9-,10+/m1/s1. The third-order valence-corrected chi connectivity index (χ3v) is 3.26. The summed E-state index contributed by atoms with van der Waals surface area (Å²) in [6.07, 6.45) is 1.52. The van der Waals surface area contributed by atoms with Gasteiger partial charge in [-0.1, -0.05) is 13.8 Å². The van der Waals surface area contributed by atoms with Gasteiger partial charge in [-0.25, -0.2) is 4.79 Å². The van der Waals surface area contributed by atoms with Gasteiger partial charge in [-0.3, -0.25) is 4.79 Å². The first-order valence-electron chi connectivity index (χ1n) is 4.79. The monoisotopic (exact) mass is 199 g/mol. The van der Waals surface area contributed by atoms with Gasteiger partial charge in [-0.05, 0) is 12.8 Å². The third kappa shape index (κ3) is 1.38. The first-order valence-corrected chi connectivity index (χ1v) is 4.79. The molecule has 4 nitrogen and oxygen atoms in total. The average Bonchev–Trinajstić information content (AvgIpc) is 2.71. The maximum Gasteiger partial charge on any atom is 0.332 e. The number of esters is 1. The average molecular weight is 199 g/mol. The van der Waals surface area contributed by atoms with Crippen LogP contribution in [0.1, 0.15) is 33.6 Å². The van der Waals surface area contributed by atoms with Gasteiger partial charge in [-0.15, -0.1) is 0 Å². The third-order valence-electron chi connectivity index (χ3n) is 3.26. The Morgan fingerprint density at radius 3 is 2.36 bits per heavy atom. The zero-order valence-electron chi connectivity index (χ0n) is 9.14. The SMILES string of the molecule is CC[C@]1(C)C[C@]1(NC(C)=O)C(=O)OC. The number of nitrogens with one attached hydrogen (secondary N) is 1. The van der Waals surface area contributed by atoms with Crippen molar-refractivity contribution in [3.8, 4) is 0 Å². The molecule has 1 rings (SSSR count). The van der Waals surface area contributed by atoms with Gasteiger partial charge < -0.3 is 10.1 Å². The number of amides is 1. The zero-order chi connectivity index (χ0) is 11.0. The zero-order valence-corrected chi connectivity index (χ0v) is 9.14. The smallest absolute Gasteiger partial charge is 0.332 e. The Kier molecular flexibility index (Phi) is 2.56. The van der Waals surface area contributed by atoms with Crippen LogP contribution in [0.3, 0.4) is 0 Å². The quantitative estimate of drug-likeness (QED) is 0.686. The molecule has 2 atom stereocenters. The number of carbonyl (C=O) groups excluding carboxylic acids is 2. The number of methoxy groups -OCH3 is 1. The van der Waals surface area contributed by atoms with Crippen LogP contribution in [0.5, 0.6) is 0 Å². The molecule has 4 heteroatoms. The van der Waals surface area contributed by atoms with Crippen LogP contribution in [-0.2, 0) is 14.3 Å². The second-order valence-corrected chi connectivity index (χ2v) is 4.17. The van der Waals surface area contributed by atoms with Crippen molar-refractivity contribution in [3.05, 3.63) is 0 Å². The van der Waals surface area contributed by atoms with E-state index >= 15 is 0 Å². The largest absolute Gasteiger partial charge is 0.467 e. The summed E-state index contributed by atoms with van der Waals surface area (Å²) < 4.78 is 4.72. The fourth-order valence-corrected chi connectivity index (χ4v) is 2.01. The van der Waals surface area contributed by atoms with Crippen molar-refractivity contribution in [3.63, 3.8) is 0 Å². The number of carbonyl (C=O) groups is 2. The van der Waals surface area contributed by atoms with Crippen molar-refractivity contribution in [2.75, 3.05) is 7.11 Å². The lowest BCUT2D eigenvalue weighted by molar-refractivity contribution is -0.147. The summed E-state index contributed by atoms with van der Waals surface area (Å²) in [4.78, 5) is 22.6. The maximum absolute atomic E-state index is 11.6. The van der Waals surface area contributed by atoms with E-state index in [0.717, 1.165) is 6.42 Å². The van der Waals surface area contributed by atoms with Crippen LogP contribution < -0.4 is 5.32 Å². The van der Waals surface area contributed by atoms with Gasteiger partial charge >= 0.3 is 5.97 Å². The highest BCUT2D eigenvalue weighted by atomic mass is 16.5. The maximum atomic E-state index is 11.6. The molecule has 1 saturated carbocycles. The molecule has 0 saturated heterocycles. The summed E-state index contributed by atoms with van der Waals surface area (Å²) in [6.45, 7) is 5.41. The molecular weight excluding hydrogens is 182 g/mol. The van der Waals surface area contributed by atoms with Crippen LogP contribution >= 0.6 is 0 Å². The molecule has 0 aromatic rings. The highest BCUT2D eigenvalue weighted by Crippen LogP contribution is 2.58. The molecule has 1 aliphatic carbocycles. The minimum atomic E-state index is -0.775. The van der Waals surface area contributed by atoms with Crippen LogP contribution in [0, 0.1) is 5.41 Å². The predicted molar refractivity (Wildman–Crippen MR) is 51.6 cm³/mol. The number of hydrogen-bond donors (Lipinski definition) is 1. The van der Waals surface area contributed by atoms with E-state index < -0.39 is 5.54 Å². The molecule has 0 aromatic carbocycles. The van der Waals surface area contributed by atoms with Gasteiger partial charge in [0.1, 0.15) is 5.54 Å². The Labute approximate surface area is 84.0 Å². The van der Waals surface area contributed by atoms with E-state index in [2.05, 4.69) is 5.32 Å². The molecule has 1 N–H and O–H groups in total. The summed E-state index contributed by atoms with van der Waals surface area (Å²) in [5.41, 5.74) is -0.923. The van der Waals surface area contributed by atoms with Gasteiger partial charge in [-0.2, -0.15) is 0 Å². The van der Waals surface area contributed by atoms with Crippen LogP contribution in [0.25, 0.3) is 0 Å². The number of rotatable bonds is 3. The molecule has 1 fully saturated rings. The lowest BCUT2D eigenvalue weighted by Gasteiger charge is -2.20. The second kappa shape index (κ2) is 3.26. The van der Waals surface area contributed by atoms with Crippen molar-refractivity contribution >= 4 is 11.9 Å². The summed E-state index contributed by atoms with van der Waals surface area (Å²) in [6, 6.07) is 0. The summed E-state index contributed by atoms with van der Waals surface area (Å²) in [5, 5.41) is 2.71. The Morgan fingerprint density at radius 1 is 1.50 bits per heavy atom. The summed E-state index contributed by atoms with van der Waals surface area (Å²) in [7, 11) is 1.35. The van der Waals surface area contributed by atoms with Crippen LogP contribution in [0.4, 0.5) is 0 Å². The molecule has 0 aromatic heterocycles. The van der Waals surface area contributed by atoms with E-state index in [1.165, 1.54) is 14.0 Å². The first kappa shape index (κ1) is 11.0. The van der Waals surface area contributed by atoms with Gasteiger partial charge in [0.2, 0.25) is 5.91 Å². The molecule has 1 aliphatic rings. The second-order valence-electron chi connectivity index (χ2n) is 4.17. The molecule has 0 radical (unpaired) electrons. The van der Waals surface area contributed by atoms with E-state index in [9.17, 15) is 9.59 Å². The van der Waals surface area contributed by atoms with Crippen molar-refractivity contribution in [2.45, 2.75) is 39.2 Å². The molecular formula is C10H17NO3. The van der Waals surface area contributed by atoms with Gasteiger partial charge in [0.25, 0.3) is 0 Å². The molecule has 1 amide bonds. The lowest BCUT2D eigenvalue weighted by Crippen LogP contribution is -2.46. The summed E-state index contributed by atoms with van der Waals surface area (Å²) >= 11 is 0. The predicted octanol–water partition coefficient (Wildman–Crippen LogP) is 0.854. The number of ether oxygens (including phenoxy) is 1. The highest BCUT2D eigenvalue weighted by molar-refractivity contribution is 5.91. The molecule has 0 aliphatic heterocycles. The Morgan fingerprint density at radius 2 is 2.07 bits per heavy atom.